The summed E-state index contributed by atoms with van der Waals surface area (Å²) in [6, 6.07) is 21.0. The van der Waals surface area contributed by atoms with Crippen LogP contribution in [0.4, 0.5) is 21.9 Å². The van der Waals surface area contributed by atoms with Crippen LogP contribution in [0.3, 0.4) is 0 Å². The maximum atomic E-state index is 12.4. The first-order valence-corrected chi connectivity index (χ1v) is 8.65. The van der Waals surface area contributed by atoms with Gasteiger partial charge in [-0.05, 0) is 54.6 Å². The highest BCUT2D eigenvalue weighted by atomic mass is 16.2. The van der Waals surface area contributed by atoms with Crippen LogP contribution in [0.2, 0.25) is 0 Å². The molecule has 0 atom stereocenters. The Balaban J connectivity index is 1.38. The molecule has 4 aromatic rings. The molecule has 0 fully saturated rings. The molecule has 0 bridgehead atoms. The zero-order valence-electron chi connectivity index (χ0n) is 14.8. The van der Waals surface area contributed by atoms with Crippen molar-refractivity contribution in [3.8, 4) is 0 Å². The van der Waals surface area contributed by atoms with Gasteiger partial charge in [-0.25, -0.2) is 4.79 Å². The summed E-state index contributed by atoms with van der Waals surface area (Å²) in [7, 11) is 0. The Bertz CT molecular complexity index is 1120. The van der Waals surface area contributed by atoms with E-state index in [1.807, 2.05) is 36.4 Å². The SMILES string of the molecule is O=C(Nc1ccccc1)Nc1ccc(C(=O)Nc2ccc3[nH]ncc3c2)cc1. The number of anilines is 3. The van der Waals surface area contributed by atoms with Gasteiger partial charge >= 0.3 is 6.03 Å². The van der Waals surface area contributed by atoms with Gasteiger partial charge in [0, 0.05) is 28.0 Å². The number of amides is 3. The summed E-state index contributed by atoms with van der Waals surface area (Å²) in [5.41, 5.74) is 3.36. The summed E-state index contributed by atoms with van der Waals surface area (Å²) in [5.74, 6) is -0.233. The molecule has 0 saturated heterocycles. The van der Waals surface area contributed by atoms with Gasteiger partial charge in [0.2, 0.25) is 0 Å². The first kappa shape index (κ1) is 17.3. The van der Waals surface area contributed by atoms with Gasteiger partial charge in [-0.1, -0.05) is 18.2 Å². The molecule has 0 saturated carbocycles. The van der Waals surface area contributed by atoms with E-state index in [0.29, 0.717) is 22.6 Å². The number of urea groups is 1. The Morgan fingerprint density at radius 1 is 0.750 bits per heavy atom. The van der Waals surface area contributed by atoms with Gasteiger partial charge in [0.15, 0.2) is 0 Å². The van der Waals surface area contributed by atoms with Crippen molar-refractivity contribution in [3.05, 3.63) is 84.6 Å². The Kier molecular flexibility index (Phi) is 4.71. The van der Waals surface area contributed by atoms with Crippen LogP contribution >= 0.6 is 0 Å². The van der Waals surface area contributed by atoms with Gasteiger partial charge in [0.25, 0.3) is 5.91 Å². The largest absolute Gasteiger partial charge is 0.323 e. The van der Waals surface area contributed by atoms with Crippen molar-refractivity contribution in [2.24, 2.45) is 0 Å². The molecule has 3 amide bonds. The average Bonchev–Trinajstić information content (AvgIpc) is 3.17. The molecular weight excluding hydrogens is 354 g/mol. The second-order valence-electron chi connectivity index (χ2n) is 6.15. The summed E-state index contributed by atoms with van der Waals surface area (Å²) in [6.45, 7) is 0. The number of carbonyl (C=O) groups excluding carboxylic acids is 2. The van der Waals surface area contributed by atoms with E-state index in [1.54, 1.807) is 42.6 Å². The highest BCUT2D eigenvalue weighted by molar-refractivity contribution is 6.05. The molecule has 0 unspecified atom stereocenters. The molecule has 1 aromatic heterocycles. The maximum Gasteiger partial charge on any atom is 0.323 e. The molecule has 3 aromatic carbocycles. The highest BCUT2D eigenvalue weighted by Crippen LogP contribution is 2.18. The quantitative estimate of drug-likeness (QED) is 0.426. The lowest BCUT2D eigenvalue weighted by Gasteiger charge is -2.09. The molecule has 4 N–H and O–H groups in total. The van der Waals surface area contributed by atoms with E-state index in [1.165, 1.54) is 0 Å². The fourth-order valence-electron chi connectivity index (χ4n) is 2.74. The minimum absolute atomic E-state index is 0.233. The zero-order chi connectivity index (χ0) is 19.3. The molecule has 7 heteroatoms. The number of fused-ring (bicyclic) bond motifs is 1. The van der Waals surface area contributed by atoms with Crippen LogP contribution in [0.15, 0.2) is 79.0 Å². The summed E-state index contributed by atoms with van der Waals surface area (Å²) in [6.07, 6.45) is 1.70. The number of aromatic nitrogens is 2. The number of carbonyl (C=O) groups is 2. The van der Waals surface area contributed by atoms with Crippen LogP contribution in [0.1, 0.15) is 10.4 Å². The van der Waals surface area contributed by atoms with E-state index in [2.05, 4.69) is 26.1 Å². The zero-order valence-corrected chi connectivity index (χ0v) is 14.8. The summed E-state index contributed by atoms with van der Waals surface area (Å²) in [5, 5.41) is 16.1. The molecule has 0 aliphatic carbocycles. The minimum Gasteiger partial charge on any atom is -0.322 e. The smallest absolute Gasteiger partial charge is 0.322 e. The third kappa shape index (κ3) is 3.99. The van der Waals surface area contributed by atoms with E-state index in [4.69, 9.17) is 0 Å². The topological polar surface area (TPSA) is 98.9 Å². The third-order valence-corrected chi connectivity index (χ3v) is 4.13. The van der Waals surface area contributed by atoms with Gasteiger partial charge < -0.3 is 16.0 Å². The number of nitrogens with one attached hydrogen (secondary N) is 4. The number of rotatable bonds is 4. The first-order valence-electron chi connectivity index (χ1n) is 8.65. The van der Waals surface area contributed by atoms with Gasteiger partial charge in [0.05, 0.1) is 11.7 Å². The molecule has 138 valence electrons. The van der Waals surface area contributed by atoms with E-state index in [9.17, 15) is 9.59 Å². The fourth-order valence-corrected chi connectivity index (χ4v) is 2.74. The van der Waals surface area contributed by atoms with E-state index < -0.39 is 0 Å². The predicted octanol–water partition coefficient (Wildman–Crippen LogP) is 4.46. The number of nitrogens with zero attached hydrogens (tertiary/aromatic N) is 1. The third-order valence-electron chi connectivity index (χ3n) is 4.13. The van der Waals surface area contributed by atoms with E-state index in [0.717, 1.165) is 10.9 Å². The van der Waals surface area contributed by atoms with Gasteiger partial charge in [-0.2, -0.15) is 5.10 Å². The number of para-hydroxylation sites is 1. The molecule has 0 aliphatic rings. The maximum absolute atomic E-state index is 12.4. The van der Waals surface area contributed by atoms with Crippen LogP contribution in [-0.4, -0.2) is 22.1 Å². The Morgan fingerprint density at radius 3 is 2.18 bits per heavy atom. The molecule has 0 aliphatic heterocycles. The average molecular weight is 371 g/mol. The van der Waals surface area contributed by atoms with Crippen molar-refractivity contribution < 1.29 is 9.59 Å². The van der Waals surface area contributed by atoms with Crippen LogP contribution < -0.4 is 16.0 Å². The molecule has 7 nitrogen and oxygen atoms in total. The molecular formula is C21H17N5O2. The number of aromatic amines is 1. The molecule has 0 spiro atoms. The lowest BCUT2D eigenvalue weighted by Crippen LogP contribution is -2.19. The molecule has 4 rings (SSSR count). The molecule has 0 radical (unpaired) electrons. The monoisotopic (exact) mass is 371 g/mol. The van der Waals surface area contributed by atoms with E-state index >= 15 is 0 Å². The van der Waals surface area contributed by atoms with Gasteiger partial charge in [-0.15, -0.1) is 0 Å². The lowest BCUT2D eigenvalue weighted by atomic mass is 10.1. The standard InChI is InChI=1S/C21H17N5O2/c27-20(23-18-10-11-19-15(12-18)13-22-26-19)14-6-8-17(9-7-14)25-21(28)24-16-4-2-1-3-5-16/h1-13H,(H,22,26)(H,23,27)(H2,24,25,28). The van der Waals surface area contributed by atoms with Crippen molar-refractivity contribution in [2.75, 3.05) is 16.0 Å². The minimum atomic E-state index is -0.350. The van der Waals surface area contributed by atoms with Gasteiger partial charge in [0.1, 0.15) is 0 Å². The number of H-pyrrole nitrogens is 1. The Labute approximate surface area is 160 Å². The van der Waals surface area contributed by atoms with Crippen molar-refractivity contribution >= 4 is 39.9 Å². The second-order valence-corrected chi connectivity index (χ2v) is 6.15. The highest BCUT2D eigenvalue weighted by Gasteiger charge is 2.08. The van der Waals surface area contributed by atoms with Crippen LogP contribution in [0, 0.1) is 0 Å². The summed E-state index contributed by atoms with van der Waals surface area (Å²) < 4.78 is 0. The Morgan fingerprint density at radius 2 is 1.43 bits per heavy atom. The fraction of sp³-hybridized carbons (Fsp3) is 0. The van der Waals surface area contributed by atoms with Crippen molar-refractivity contribution in [1.82, 2.24) is 10.2 Å². The van der Waals surface area contributed by atoms with Crippen molar-refractivity contribution in [3.63, 3.8) is 0 Å². The Hall–Kier alpha value is -4.13. The van der Waals surface area contributed by atoms with Crippen molar-refractivity contribution in [2.45, 2.75) is 0 Å². The number of benzene rings is 3. The molecule has 28 heavy (non-hydrogen) atoms. The number of hydrogen-bond donors (Lipinski definition) is 4. The van der Waals surface area contributed by atoms with Crippen LogP contribution in [0.5, 0.6) is 0 Å². The first-order chi connectivity index (χ1) is 13.7. The van der Waals surface area contributed by atoms with E-state index in [-0.39, 0.29) is 11.9 Å². The number of hydrogen-bond acceptors (Lipinski definition) is 3. The predicted molar refractivity (Wildman–Crippen MR) is 110 cm³/mol. The van der Waals surface area contributed by atoms with Gasteiger partial charge in [-0.3, -0.25) is 9.89 Å². The lowest BCUT2D eigenvalue weighted by molar-refractivity contribution is 0.102. The summed E-state index contributed by atoms with van der Waals surface area (Å²) >= 11 is 0. The normalized spacial score (nSPS) is 10.4. The molecule has 1 heterocycles. The van der Waals surface area contributed by atoms with Crippen molar-refractivity contribution in [1.29, 1.82) is 0 Å². The van der Waals surface area contributed by atoms with Crippen LogP contribution in [0.25, 0.3) is 10.9 Å². The summed E-state index contributed by atoms with van der Waals surface area (Å²) in [4.78, 5) is 24.4. The second kappa shape index (κ2) is 7.63. The van der Waals surface area contributed by atoms with Crippen LogP contribution in [-0.2, 0) is 0 Å².